The summed E-state index contributed by atoms with van der Waals surface area (Å²) in [5, 5.41) is 11.4. The number of nitrogens with one attached hydrogen (secondary N) is 1. The van der Waals surface area contributed by atoms with Gasteiger partial charge in [0.2, 0.25) is 0 Å². The van der Waals surface area contributed by atoms with Crippen LogP contribution in [0.25, 0.3) is 10.9 Å². The number of aliphatic hydroxyl groups excluding tert-OH is 1. The lowest BCUT2D eigenvalue weighted by molar-refractivity contribution is -0.129. The van der Waals surface area contributed by atoms with Crippen molar-refractivity contribution in [2.75, 3.05) is 6.54 Å². The van der Waals surface area contributed by atoms with Crippen LogP contribution >= 0.6 is 0 Å². The third-order valence-corrected chi connectivity index (χ3v) is 4.95. The molecule has 136 valence electrons. The molecule has 0 bridgehead atoms. The van der Waals surface area contributed by atoms with Crippen molar-refractivity contribution in [2.45, 2.75) is 19.4 Å². The molecule has 6 nitrogen and oxygen atoms in total. The second-order valence-electron chi connectivity index (χ2n) is 6.58. The number of para-hydroxylation sites is 1. The first-order valence-corrected chi connectivity index (χ1v) is 8.79. The minimum absolute atomic E-state index is 0.109. The van der Waals surface area contributed by atoms with Gasteiger partial charge in [0, 0.05) is 29.8 Å². The summed E-state index contributed by atoms with van der Waals surface area (Å²) in [7, 11) is 0. The first-order valence-electron chi connectivity index (χ1n) is 8.79. The fraction of sp³-hybridized carbons (Fsp3) is 0.190. The highest BCUT2D eigenvalue weighted by Crippen LogP contribution is 2.36. The number of amides is 1. The Balaban J connectivity index is 1.66. The number of aliphatic hydroxyl groups is 1. The Labute approximate surface area is 156 Å². The van der Waals surface area contributed by atoms with Crippen molar-refractivity contribution in [3.8, 4) is 0 Å². The number of carbonyl (C=O) groups is 2. The van der Waals surface area contributed by atoms with E-state index in [1.54, 1.807) is 24.4 Å². The van der Waals surface area contributed by atoms with Crippen molar-refractivity contribution in [1.82, 2.24) is 14.9 Å². The van der Waals surface area contributed by atoms with Crippen LogP contribution in [-0.4, -0.2) is 38.2 Å². The van der Waals surface area contributed by atoms with E-state index in [9.17, 15) is 14.7 Å². The van der Waals surface area contributed by atoms with E-state index in [1.165, 1.54) is 11.8 Å². The predicted octanol–water partition coefficient (Wildman–Crippen LogP) is 3.09. The second-order valence-corrected chi connectivity index (χ2v) is 6.58. The van der Waals surface area contributed by atoms with Crippen LogP contribution in [0.5, 0.6) is 0 Å². The number of aromatic nitrogens is 2. The largest absolute Gasteiger partial charge is 0.503 e. The zero-order chi connectivity index (χ0) is 19.0. The maximum atomic E-state index is 12.7. The van der Waals surface area contributed by atoms with Gasteiger partial charge in [-0.05, 0) is 37.1 Å². The number of nitrogens with zero attached hydrogens (tertiary/aromatic N) is 2. The van der Waals surface area contributed by atoms with Gasteiger partial charge in [-0.25, -0.2) is 0 Å². The van der Waals surface area contributed by atoms with Gasteiger partial charge in [-0.2, -0.15) is 0 Å². The zero-order valence-electron chi connectivity index (χ0n) is 14.8. The van der Waals surface area contributed by atoms with E-state index in [0.29, 0.717) is 18.7 Å². The van der Waals surface area contributed by atoms with Crippen molar-refractivity contribution < 1.29 is 14.7 Å². The van der Waals surface area contributed by atoms with E-state index in [4.69, 9.17) is 0 Å². The van der Waals surface area contributed by atoms with Gasteiger partial charge in [0.1, 0.15) is 6.04 Å². The second kappa shape index (κ2) is 6.72. The average Bonchev–Trinajstić information content (AvgIpc) is 3.20. The van der Waals surface area contributed by atoms with Gasteiger partial charge in [-0.1, -0.05) is 24.3 Å². The van der Waals surface area contributed by atoms with E-state index in [-0.39, 0.29) is 11.4 Å². The molecule has 0 saturated heterocycles. The molecule has 3 aromatic rings. The molecule has 0 aliphatic carbocycles. The van der Waals surface area contributed by atoms with Crippen LogP contribution in [-0.2, 0) is 16.0 Å². The molecular formula is C21H19N3O3. The minimum atomic E-state index is -0.665. The summed E-state index contributed by atoms with van der Waals surface area (Å²) in [6.07, 6.45) is 4.14. The van der Waals surface area contributed by atoms with E-state index >= 15 is 0 Å². The lowest BCUT2D eigenvalue weighted by Gasteiger charge is -2.25. The van der Waals surface area contributed by atoms with Gasteiger partial charge in [0.05, 0.1) is 11.3 Å². The number of carbonyl (C=O) groups excluding carboxylic acids is 2. The average molecular weight is 361 g/mol. The molecule has 1 aliphatic heterocycles. The fourth-order valence-electron chi connectivity index (χ4n) is 3.67. The van der Waals surface area contributed by atoms with Crippen LogP contribution in [0.15, 0.2) is 66.2 Å². The summed E-state index contributed by atoms with van der Waals surface area (Å²) in [5.74, 6) is -1.33. The monoisotopic (exact) mass is 361 g/mol. The number of benzene rings is 1. The summed E-state index contributed by atoms with van der Waals surface area (Å²) in [4.78, 5) is 33.8. The van der Waals surface area contributed by atoms with Crippen molar-refractivity contribution >= 4 is 22.6 Å². The molecule has 1 amide bonds. The number of hydrogen-bond acceptors (Lipinski definition) is 4. The predicted molar refractivity (Wildman–Crippen MR) is 101 cm³/mol. The van der Waals surface area contributed by atoms with Crippen LogP contribution in [0.2, 0.25) is 0 Å². The first kappa shape index (κ1) is 17.0. The van der Waals surface area contributed by atoms with E-state index in [2.05, 4.69) is 9.97 Å². The molecular weight excluding hydrogens is 342 g/mol. The number of Topliss-reactive ketones (excluding diaryl/α,β-unsaturated/α-hetero) is 1. The number of fused-ring (bicyclic) bond motifs is 1. The molecule has 6 heteroatoms. The third kappa shape index (κ3) is 2.89. The molecule has 27 heavy (non-hydrogen) atoms. The number of ketones is 1. The Morgan fingerprint density at radius 1 is 1.22 bits per heavy atom. The highest BCUT2D eigenvalue weighted by molar-refractivity contribution is 6.08. The maximum absolute atomic E-state index is 12.7. The molecule has 1 atom stereocenters. The molecule has 0 spiro atoms. The summed E-state index contributed by atoms with van der Waals surface area (Å²) in [5.41, 5.74) is 2.79. The molecule has 0 fully saturated rings. The van der Waals surface area contributed by atoms with E-state index in [1.807, 2.05) is 30.5 Å². The quantitative estimate of drug-likeness (QED) is 0.731. The van der Waals surface area contributed by atoms with Crippen molar-refractivity contribution in [2.24, 2.45) is 0 Å². The molecule has 1 unspecified atom stereocenters. The van der Waals surface area contributed by atoms with Crippen molar-refractivity contribution in [3.05, 3.63) is 77.4 Å². The molecule has 1 aliphatic rings. The first-order chi connectivity index (χ1) is 13.1. The van der Waals surface area contributed by atoms with E-state index in [0.717, 1.165) is 16.5 Å². The van der Waals surface area contributed by atoms with Gasteiger partial charge < -0.3 is 15.0 Å². The van der Waals surface area contributed by atoms with Gasteiger partial charge in [-0.3, -0.25) is 14.6 Å². The number of H-pyrrole nitrogens is 1. The zero-order valence-corrected chi connectivity index (χ0v) is 14.8. The van der Waals surface area contributed by atoms with Crippen LogP contribution in [0.4, 0.5) is 0 Å². The lowest BCUT2D eigenvalue weighted by Crippen LogP contribution is -2.33. The lowest BCUT2D eigenvalue weighted by atomic mass is 10.0. The normalized spacial score (nSPS) is 17.1. The van der Waals surface area contributed by atoms with Crippen LogP contribution in [0, 0.1) is 0 Å². The number of hydrogen-bond donors (Lipinski definition) is 2. The number of aromatic amines is 1. The minimum Gasteiger partial charge on any atom is -0.503 e. The fourth-order valence-corrected chi connectivity index (χ4v) is 3.67. The Morgan fingerprint density at radius 3 is 2.74 bits per heavy atom. The molecule has 2 aromatic heterocycles. The van der Waals surface area contributed by atoms with Crippen molar-refractivity contribution in [3.63, 3.8) is 0 Å². The van der Waals surface area contributed by atoms with Crippen molar-refractivity contribution in [1.29, 1.82) is 0 Å². The van der Waals surface area contributed by atoms with Crippen LogP contribution < -0.4 is 0 Å². The Kier molecular flexibility index (Phi) is 4.24. The van der Waals surface area contributed by atoms with Crippen LogP contribution in [0.1, 0.15) is 24.2 Å². The molecule has 3 heterocycles. The topological polar surface area (TPSA) is 86.3 Å². The summed E-state index contributed by atoms with van der Waals surface area (Å²) >= 11 is 0. The standard InChI is InChI=1S/C21H19N3O3/c1-13(25)18-19(17-8-4-5-10-22-17)24(21(27)20(18)26)11-9-14-12-23-16-7-3-2-6-15(14)16/h2-8,10,12,19,23,26H,9,11H2,1H3. The molecule has 2 N–H and O–H groups in total. The van der Waals surface area contributed by atoms with Gasteiger partial charge >= 0.3 is 0 Å². The van der Waals surface area contributed by atoms with Gasteiger partial charge in [-0.15, -0.1) is 0 Å². The SMILES string of the molecule is CC(=O)C1=C(O)C(=O)N(CCc2c[nH]c3ccccc23)C1c1ccccn1. The molecule has 0 saturated carbocycles. The number of rotatable bonds is 5. The third-order valence-electron chi connectivity index (χ3n) is 4.95. The van der Waals surface area contributed by atoms with Gasteiger partial charge in [0.25, 0.3) is 5.91 Å². The Bertz CT molecular complexity index is 1050. The van der Waals surface area contributed by atoms with Crippen LogP contribution in [0.3, 0.4) is 0 Å². The van der Waals surface area contributed by atoms with E-state index < -0.39 is 17.7 Å². The highest BCUT2D eigenvalue weighted by Gasteiger charge is 2.42. The molecule has 1 aromatic carbocycles. The molecule has 0 radical (unpaired) electrons. The molecule has 4 rings (SSSR count). The Hall–Kier alpha value is -3.41. The summed E-state index contributed by atoms with van der Waals surface area (Å²) in [6.45, 7) is 1.72. The van der Waals surface area contributed by atoms with Gasteiger partial charge in [0.15, 0.2) is 11.5 Å². The summed E-state index contributed by atoms with van der Waals surface area (Å²) < 4.78 is 0. The Morgan fingerprint density at radius 2 is 2.00 bits per heavy atom. The summed E-state index contributed by atoms with van der Waals surface area (Å²) in [6, 6.07) is 12.6. The number of pyridine rings is 1. The maximum Gasteiger partial charge on any atom is 0.290 e. The smallest absolute Gasteiger partial charge is 0.290 e. The highest BCUT2D eigenvalue weighted by atomic mass is 16.3.